The van der Waals surface area contributed by atoms with Gasteiger partial charge in [0.15, 0.2) is 0 Å². The fraction of sp³-hybridized carbons (Fsp3) is 0.529. The molecular weight excluding hydrogens is 344 g/mol. The first-order chi connectivity index (χ1) is 11.6. The Morgan fingerprint density at radius 2 is 2.17 bits per heavy atom. The molecule has 1 fully saturated rings. The van der Waals surface area contributed by atoms with Gasteiger partial charge in [0.25, 0.3) is 0 Å². The average molecular weight is 369 g/mol. The molecule has 0 aliphatic carbocycles. The van der Waals surface area contributed by atoms with Gasteiger partial charge in [0.05, 0.1) is 0 Å². The third-order valence-electron chi connectivity index (χ3n) is 4.47. The molecule has 2 N–H and O–H groups in total. The van der Waals surface area contributed by atoms with Gasteiger partial charge in [0.1, 0.15) is 4.21 Å². The van der Waals surface area contributed by atoms with Crippen molar-refractivity contribution in [3.8, 4) is 0 Å². The molecule has 3 rings (SSSR count). The maximum Gasteiger partial charge on any atom is 0.250 e. The highest BCUT2D eigenvalue weighted by atomic mass is 32.2. The van der Waals surface area contributed by atoms with E-state index in [0.717, 1.165) is 49.0 Å². The van der Waals surface area contributed by atoms with E-state index in [1.54, 1.807) is 6.07 Å². The maximum atomic E-state index is 12.4. The lowest BCUT2D eigenvalue weighted by molar-refractivity contribution is 0.120. The second kappa shape index (κ2) is 7.93. The maximum absolute atomic E-state index is 12.4. The highest BCUT2D eigenvalue weighted by Gasteiger charge is 2.20. The molecule has 1 aromatic carbocycles. The van der Waals surface area contributed by atoms with Crippen molar-refractivity contribution >= 4 is 31.4 Å². The third-order valence-corrected chi connectivity index (χ3v) is 7.52. The van der Waals surface area contributed by atoms with Gasteiger partial charge in [-0.3, -0.25) is 0 Å². The Kier molecular flexibility index (Phi) is 5.89. The monoisotopic (exact) mass is 368 g/mol. The molecule has 5 nitrogen and oxygen atoms in total. The van der Waals surface area contributed by atoms with Gasteiger partial charge < -0.3 is 10.0 Å². The molecule has 1 atom stereocenters. The van der Waals surface area contributed by atoms with E-state index < -0.39 is 10.0 Å². The zero-order valence-electron chi connectivity index (χ0n) is 13.6. The number of piperidine rings is 1. The summed E-state index contributed by atoms with van der Waals surface area (Å²) >= 11 is 1.30. The van der Waals surface area contributed by atoms with Crippen LogP contribution < -0.4 is 4.72 Å². The minimum absolute atomic E-state index is 0.245. The highest BCUT2D eigenvalue weighted by molar-refractivity contribution is 7.91. The molecule has 1 aliphatic heterocycles. The molecule has 132 valence electrons. The van der Waals surface area contributed by atoms with E-state index in [-0.39, 0.29) is 6.61 Å². The number of likely N-dealkylation sites (tertiary alicyclic amines) is 1. The van der Waals surface area contributed by atoms with E-state index in [9.17, 15) is 13.5 Å². The van der Waals surface area contributed by atoms with E-state index in [1.165, 1.54) is 11.3 Å². The number of hydrogen-bond donors (Lipinski definition) is 2. The Balaban J connectivity index is 1.50. The van der Waals surface area contributed by atoms with Crippen molar-refractivity contribution in [3.05, 3.63) is 30.3 Å². The molecule has 2 heterocycles. The Labute approximate surface area is 147 Å². The van der Waals surface area contributed by atoms with Crippen molar-refractivity contribution in [1.82, 2.24) is 9.62 Å². The van der Waals surface area contributed by atoms with Gasteiger partial charge in [-0.25, -0.2) is 13.1 Å². The summed E-state index contributed by atoms with van der Waals surface area (Å²) in [4.78, 5) is 2.32. The van der Waals surface area contributed by atoms with E-state index in [1.807, 2.05) is 24.3 Å². The number of rotatable bonds is 7. The van der Waals surface area contributed by atoms with Crippen LogP contribution in [0.1, 0.15) is 19.3 Å². The van der Waals surface area contributed by atoms with Crippen molar-refractivity contribution in [1.29, 1.82) is 0 Å². The van der Waals surface area contributed by atoms with Crippen LogP contribution in [0.5, 0.6) is 0 Å². The van der Waals surface area contributed by atoms with Crippen LogP contribution in [0.25, 0.3) is 10.1 Å². The number of aliphatic hydroxyl groups is 1. The molecule has 0 bridgehead atoms. The lowest BCUT2D eigenvalue weighted by atomic mass is 9.99. The van der Waals surface area contributed by atoms with Crippen molar-refractivity contribution in [2.45, 2.75) is 23.5 Å². The number of fused-ring (bicyclic) bond motifs is 1. The van der Waals surface area contributed by atoms with E-state index in [2.05, 4.69) is 9.62 Å². The standard InChI is InChI=1S/C17H24N2O3S2/c20-13-14-5-3-9-19(12-14)10-4-8-18-24(21,22)17-11-15-6-1-2-7-16(15)23-17/h1-2,6-7,11,14,18,20H,3-5,8-10,12-13H2. The molecule has 1 aliphatic rings. The lowest BCUT2D eigenvalue weighted by Gasteiger charge is -2.31. The third kappa shape index (κ3) is 4.34. The van der Waals surface area contributed by atoms with Crippen LogP contribution in [-0.4, -0.2) is 51.2 Å². The largest absolute Gasteiger partial charge is 0.396 e. The summed E-state index contributed by atoms with van der Waals surface area (Å²) in [6.45, 7) is 3.51. The lowest BCUT2D eigenvalue weighted by Crippen LogP contribution is -2.38. The fourth-order valence-electron chi connectivity index (χ4n) is 3.17. The Hall–Kier alpha value is -0.990. The first-order valence-electron chi connectivity index (χ1n) is 8.40. The fourth-order valence-corrected chi connectivity index (χ4v) is 5.69. The Bertz CT molecular complexity index is 740. The predicted molar refractivity (Wildman–Crippen MR) is 97.9 cm³/mol. The van der Waals surface area contributed by atoms with Crippen LogP contribution in [0.2, 0.25) is 0 Å². The number of thiophene rings is 1. The van der Waals surface area contributed by atoms with E-state index in [4.69, 9.17) is 0 Å². The molecular formula is C17H24N2O3S2. The zero-order valence-corrected chi connectivity index (χ0v) is 15.3. The highest BCUT2D eigenvalue weighted by Crippen LogP contribution is 2.28. The van der Waals surface area contributed by atoms with E-state index >= 15 is 0 Å². The van der Waals surface area contributed by atoms with Crippen LogP contribution in [0.15, 0.2) is 34.5 Å². The number of nitrogens with one attached hydrogen (secondary N) is 1. The second-order valence-corrected chi connectivity index (χ2v) is 9.42. The SMILES string of the molecule is O=S(=O)(NCCCN1CCCC(CO)C1)c1cc2ccccc2s1. The van der Waals surface area contributed by atoms with Crippen molar-refractivity contribution in [2.24, 2.45) is 5.92 Å². The van der Waals surface area contributed by atoms with Crippen LogP contribution in [0.3, 0.4) is 0 Å². The average Bonchev–Trinajstić information content (AvgIpc) is 3.04. The smallest absolute Gasteiger partial charge is 0.250 e. The van der Waals surface area contributed by atoms with Crippen molar-refractivity contribution in [2.75, 3.05) is 32.8 Å². The summed E-state index contributed by atoms with van der Waals surface area (Å²) in [6.07, 6.45) is 2.98. The Morgan fingerprint density at radius 1 is 1.33 bits per heavy atom. The van der Waals surface area contributed by atoms with Gasteiger partial charge in [-0.2, -0.15) is 0 Å². The number of benzene rings is 1. The van der Waals surface area contributed by atoms with Crippen LogP contribution in [-0.2, 0) is 10.0 Å². The quantitative estimate of drug-likeness (QED) is 0.736. The van der Waals surface area contributed by atoms with Gasteiger partial charge in [0, 0.05) is 24.4 Å². The molecule has 1 aromatic heterocycles. The molecule has 0 saturated carbocycles. The zero-order chi connectivity index (χ0) is 17.0. The number of nitrogens with zero attached hydrogens (tertiary/aromatic N) is 1. The normalized spacial score (nSPS) is 19.8. The summed E-state index contributed by atoms with van der Waals surface area (Å²) < 4.78 is 28.9. The molecule has 1 unspecified atom stereocenters. The van der Waals surface area contributed by atoms with Gasteiger partial charge in [0.2, 0.25) is 10.0 Å². The molecule has 0 radical (unpaired) electrons. The van der Waals surface area contributed by atoms with Crippen LogP contribution in [0, 0.1) is 5.92 Å². The van der Waals surface area contributed by atoms with Crippen LogP contribution in [0.4, 0.5) is 0 Å². The first kappa shape index (κ1) is 17.8. The molecule has 7 heteroatoms. The second-order valence-electron chi connectivity index (χ2n) is 6.35. The van der Waals surface area contributed by atoms with Gasteiger partial charge in [-0.1, -0.05) is 18.2 Å². The molecule has 24 heavy (non-hydrogen) atoms. The molecule has 0 amide bonds. The number of aliphatic hydroxyl groups excluding tert-OH is 1. The van der Waals surface area contributed by atoms with Crippen molar-refractivity contribution in [3.63, 3.8) is 0 Å². The first-order valence-corrected chi connectivity index (χ1v) is 10.7. The molecule has 2 aromatic rings. The number of sulfonamides is 1. The Morgan fingerprint density at radius 3 is 2.96 bits per heavy atom. The minimum Gasteiger partial charge on any atom is -0.396 e. The summed E-state index contributed by atoms with van der Waals surface area (Å²) in [6, 6.07) is 9.43. The van der Waals surface area contributed by atoms with Gasteiger partial charge in [-0.15, -0.1) is 11.3 Å². The molecule has 1 saturated heterocycles. The summed E-state index contributed by atoms with van der Waals surface area (Å²) in [5.41, 5.74) is 0. The predicted octanol–water partition coefficient (Wildman–Crippen LogP) is 2.27. The van der Waals surface area contributed by atoms with Crippen LogP contribution >= 0.6 is 11.3 Å². The summed E-state index contributed by atoms with van der Waals surface area (Å²) in [7, 11) is -3.43. The van der Waals surface area contributed by atoms with Gasteiger partial charge in [-0.05, 0) is 55.8 Å². The summed E-state index contributed by atoms with van der Waals surface area (Å²) in [5.74, 6) is 0.369. The summed E-state index contributed by atoms with van der Waals surface area (Å²) in [5, 5.41) is 10.2. The van der Waals surface area contributed by atoms with E-state index in [0.29, 0.717) is 16.7 Å². The molecule has 0 spiro atoms. The topological polar surface area (TPSA) is 69.6 Å². The number of hydrogen-bond acceptors (Lipinski definition) is 5. The van der Waals surface area contributed by atoms with Gasteiger partial charge >= 0.3 is 0 Å². The van der Waals surface area contributed by atoms with Crippen molar-refractivity contribution < 1.29 is 13.5 Å². The minimum atomic E-state index is -3.43.